The molecule has 1 saturated heterocycles. The van der Waals surface area contributed by atoms with E-state index in [0.717, 1.165) is 32.0 Å². The van der Waals surface area contributed by atoms with Gasteiger partial charge in [0, 0.05) is 19.1 Å². The van der Waals surface area contributed by atoms with Crippen LogP contribution in [0.15, 0.2) is 6.07 Å². The lowest BCUT2D eigenvalue weighted by atomic mass is 9.91. The molecule has 2 atom stereocenters. The number of rotatable bonds is 5. The summed E-state index contributed by atoms with van der Waals surface area (Å²) in [6.45, 7) is 10.1. The molecule has 2 unspecified atom stereocenters. The predicted molar refractivity (Wildman–Crippen MR) is 72.6 cm³/mol. The predicted octanol–water partition coefficient (Wildman–Crippen LogP) is 2.29. The third kappa shape index (κ3) is 2.93. The number of hydrogen-bond acceptors (Lipinski definition) is 3. The number of aryl methyl sites for hydroxylation is 2. The van der Waals surface area contributed by atoms with Gasteiger partial charge >= 0.3 is 0 Å². The maximum atomic E-state index is 5.64. The Balaban J connectivity index is 2.21. The van der Waals surface area contributed by atoms with Crippen molar-refractivity contribution in [1.29, 1.82) is 0 Å². The summed E-state index contributed by atoms with van der Waals surface area (Å²) in [6, 6.07) is 2.59. The molecule has 0 bridgehead atoms. The minimum absolute atomic E-state index is 0.372. The number of nitrogens with one attached hydrogen (secondary N) is 1. The Labute approximate surface area is 110 Å². The molecule has 18 heavy (non-hydrogen) atoms. The summed E-state index contributed by atoms with van der Waals surface area (Å²) in [5.74, 6) is 0.570. The minimum atomic E-state index is 0.372. The molecule has 4 heteroatoms. The quantitative estimate of drug-likeness (QED) is 0.872. The Hall–Kier alpha value is -0.870. The number of hydrogen-bond donors (Lipinski definition) is 1. The van der Waals surface area contributed by atoms with Crippen molar-refractivity contribution in [2.45, 2.75) is 46.2 Å². The summed E-state index contributed by atoms with van der Waals surface area (Å²) in [6.07, 6.45) is 2.41. The molecule has 1 aliphatic heterocycles. The van der Waals surface area contributed by atoms with E-state index in [2.05, 4.69) is 41.9 Å². The highest BCUT2D eigenvalue weighted by Gasteiger charge is 2.27. The molecule has 2 heterocycles. The average Bonchev–Trinajstić information content (AvgIpc) is 2.78. The van der Waals surface area contributed by atoms with Crippen LogP contribution in [0.1, 0.15) is 44.1 Å². The summed E-state index contributed by atoms with van der Waals surface area (Å²) in [7, 11) is 0. The highest BCUT2D eigenvalue weighted by Crippen LogP contribution is 2.29. The first kappa shape index (κ1) is 13.6. The van der Waals surface area contributed by atoms with Crippen molar-refractivity contribution in [3.05, 3.63) is 17.5 Å². The van der Waals surface area contributed by atoms with Gasteiger partial charge in [-0.05, 0) is 39.3 Å². The van der Waals surface area contributed by atoms with Crippen LogP contribution in [-0.2, 0) is 11.3 Å². The summed E-state index contributed by atoms with van der Waals surface area (Å²) in [4.78, 5) is 0. The zero-order chi connectivity index (χ0) is 13.0. The summed E-state index contributed by atoms with van der Waals surface area (Å²) in [5.41, 5.74) is 2.42. The van der Waals surface area contributed by atoms with Crippen molar-refractivity contribution < 1.29 is 4.74 Å². The van der Waals surface area contributed by atoms with Gasteiger partial charge in [0.25, 0.3) is 0 Å². The Morgan fingerprint density at radius 2 is 2.39 bits per heavy atom. The Morgan fingerprint density at radius 3 is 3.00 bits per heavy atom. The highest BCUT2D eigenvalue weighted by atomic mass is 16.5. The second-order valence-corrected chi connectivity index (χ2v) is 5.04. The molecule has 0 aliphatic carbocycles. The topological polar surface area (TPSA) is 39.1 Å². The van der Waals surface area contributed by atoms with Crippen LogP contribution in [0.3, 0.4) is 0 Å². The molecule has 1 fully saturated rings. The van der Waals surface area contributed by atoms with E-state index < -0.39 is 0 Å². The first-order valence-electron chi connectivity index (χ1n) is 7.11. The molecule has 4 nitrogen and oxygen atoms in total. The van der Waals surface area contributed by atoms with E-state index in [4.69, 9.17) is 4.74 Å². The zero-order valence-electron chi connectivity index (χ0n) is 11.8. The standard InChI is InChI=1S/C14H25N3O/c1-4-15-14(12-7-6-8-18-10-12)13-9-11(3)16-17(13)5-2/h9,12,14-15H,4-8,10H2,1-3H3. The van der Waals surface area contributed by atoms with Gasteiger partial charge in [-0.25, -0.2) is 0 Å². The van der Waals surface area contributed by atoms with Gasteiger partial charge < -0.3 is 10.1 Å². The molecule has 1 aromatic rings. The van der Waals surface area contributed by atoms with E-state index in [1.54, 1.807) is 0 Å². The Bertz CT molecular complexity index is 369. The summed E-state index contributed by atoms with van der Waals surface area (Å²) < 4.78 is 7.76. The summed E-state index contributed by atoms with van der Waals surface area (Å²) in [5, 5.41) is 8.18. The highest BCUT2D eigenvalue weighted by molar-refractivity contribution is 5.14. The molecular weight excluding hydrogens is 226 g/mol. The van der Waals surface area contributed by atoms with Crippen LogP contribution in [0.4, 0.5) is 0 Å². The smallest absolute Gasteiger partial charge is 0.0597 e. The van der Waals surface area contributed by atoms with Gasteiger partial charge in [0.05, 0.1) is 24.0 Å². The second-order valence-electron chi connectivity index (χ2n) is 5.04. The van der Waals surface area contributed by atoms with E-state index in [1.807, 2.05) is 0 Å². The fourth-order valence-electron chi connectivity index (χ4n) is 2.83. The van der Waals surface area contributed by atoms with E-state index in [9.17, 15) is 0 Å². The number of aromatic nitrogens is 2. The second kappa shape index (κ2) is 6.34. The Morgan fingerprint density at radius 1 is 1.56 bits per heavy atom. The largest absolute Gasteiger partial charge is 0.381 e. The molecule has 0 radical (unpaired) electrons. The summed E-state index contributed by atoms with van der Waals surface area (Å²) >= 11 is 0. The third-order valence-corrected chi connectivity index (χ3v) is 3.64. The van der Waals surface area contributed by atoms with Gasteiger partial charge in [0.15, 0.2) is 0 Å². The van der Waals surface area contributed by atoms with Gasteiger partial charge in [-0.3, -0.25) is 4.68 Å². The fourth-order valence-corrected chi connectivity index (χ4v) is 2.83. The van der Waals surface area contributed by atoms with Crippen LogP contribution in [0.2, 0.25) is 0 Å². The maximum Gasteiger partial charge on any atom is 0.0597 e. The van der Waals surface area contributed by atoms with E-state index in [-0.39, 0.29) is 0 Å². The molecule has 0 aromatic carbocycles. The lowest BCUT2D eigenvalue weighted by Crippen LogP contribution is -2.34. The lowest BCUT2D eigenvalue weighted by Gasteiger charge is -2.31. The minimum Gasteiger partial charge on any atom is -0.381 e. The molecule has 0 saturated carbocycles. The first-order valence-corrected chi connectivity index (χ1v) is 7.11. The zero-order valence-corrected chi connectivity index (χ0v) is 11.8. The SMILES string of the molecule is CCNC(c1cc(C)nn1CC)C1CCCOC1. The monoisotopic (exact) mass is 251 g/mol. The van der Waals surface area contributed by atoms with Crippen molar-refractivity contribution in [3.8, 4) is 0 Å². The maximum absolute atomic E-state index is 5.64. The molecule has 102 valence electrons. The Kier molecular flexibility index (Phi) is 4.78. The lowest BCUT2D eigenvalue weighted by molar-refractivity contribution is 0.0379. The van der Waals surface area contributed by atoms with E-state index in [0.29, 0.717) is 12.0 Å². The van der Waals surface area contributed by atoms with Gasteiger partial charge in [-0.15, -0.1) is 0 Å². The van der Waals surface area contributed by atoms with Crippen LogP contribution in [0.5, 0.6) is 0 Å². The first-order chi connectivity index (χ1) is 8.76. The van der Waals surface area contributed by atoms with Crippen LogP contribution in [-0.4, -0.2) is 29.5 Å². The van der Waals surface area contributed by atoms with Crippen molar-refractivity contribution in [2.75, 3.05) is 19.8 Å². The molecule has 1 aromatic heterocycles. The molecule has 0 amide bonds. The third-order valence-electron chi connectivity index (χ3n) is 3.64. The molecule has 1 aliphatic rings. The van der Waals surface area contributed by atoms with Crippen molar-refractivity contribution in [1.82, 2.24) is 15.1 Å². The van der Waals surface area contributed by atoms with Gasteiger partial charge in [-0.2, -0.15) is 5.10 Å². The van der Waals surface area contributed by atoms with Crippen molar-refractivity contribution in [2.24, 2.45) is 5.92 Å². The van der Waals surface area contributed by atoms with Crippen molar-refractivity contribution in [3.63, 3.8) is 0 Å². The van der Waals surface area contributed by atoms with Crippen LogP contribution < -0.4 is 5.32 Å². The fraction of sp³-hybridized carbons (Fsp3) is 0.786. The van der Waals surface area contributed by atoms with Crippen LogP contribution >= 0.6 is 0 Å². The van der Waals surface area contributed by atoms with Crippen LogP contribution in [0, 0.1) is 12.8 Å². The number of nitrogens with zero attached hydrogens (tertiary/aromatic N) is 2. The van der Waals surface area contributed by atoms with Gasteiger partial charge in [-0.1, -0.05) is 6.92 Å². The van der Waals surface area contributed by atoms with Crippen molar-refractivity contribution >= 4 is 0 Å². The van der Waals surface area contributed by atoms with E-state index in [1.165, 1.54) is 18.5 Å². The molecule has 1 N–H and O–H groups in total. The number of ether oxygens (including phenoxy) is 1. The van der Waals surface area contributed by atoms with Crippen LogP contribution in [0.25, 0.3) is 0 Å². The van der Waals surface area contributed by atoms with E-state index >= 15 is 0 Å². The normalized spacial score (nSPS) is 22.1. The van der Waals surface area contributed by atoms with Gasteiger partial charge in [0.2, 0.25) is 0 Å². The average molecular weight is 251 g/mol. The molecule has 0 spiro atoms. The van der Waals surface area contributed by atoms with Gasteiger partial charge in [0.1, 0.15) is 0 Å². The molecule has 2 rings (SSSR count). The molecular formula is C14H25N3O.